The number of halogens is 2. The van der Waals surface area contributed by atoms with Crippen molar-refractivity contribution in [1.82, 2.24) is 10.2 Å². The summed E-state index contributed by atoms with van der Waals surface area (Å²) in [6.07, 6.45) is 1.54. The van der Waals surface area contributed by atoms with Crippen LogP contribution in [0.15, 0.2) is 16.7 Å². The highest BCUT2D eigenvalue weighted by Gasteiger charge is 2.19. The lowest BCUT2D eigenvalue weighted by Gasteiger charge is -2.13. The number of benzene rings is 1. The van der Waals surface area contributed by atoms with Crippen molar-refractivity contribution in [2.24, 2.45) is 0 Å². The smallest absolute Gasteiger partial charge is 0.138 e. The molecule has 0 saturated carbocycles. The maximum Gasteiger partial charge on any atom is 0.138 e. The van der Waals surface area contributed by atoms with Gasteiger partial charge in [-0.25, -0.2) is 4.39 Å². The number of anilines is 1. The maximum absolute atomic E-state index is 13.7. The van der Waals surface area contributed by atoms with Gasteiger partial charge in [0.15, 0.2) is 0 Å². The Hall–Kier alpha value is -1.56. The van der Waals surface area contributed by atoms with E-state index in [4.69, 9.17) is 10.5 Å². The Labute approximate surface area is 106 Å². The summed E-state index contributed by atoms with van der Waals surface area (Å²) in [6.45, 7) is 1.77. The molecule has 2 aromatic rings. The second-order valence-corrected chi connectivity index (χ2v) is 4.39. The molecule has 0 saturated heterocycles. The molecule has 0 unspecified atom stereocenters. The van der Waals surface area contributed by atoms with Crippen LogP contribution in [-0.4, -0.2) is 17.3 Å². The Kier molecular flexibility index (Phi) is 3.06. The molecule has 3 N–H and O–H groups in total. The van der Waals surface area contributed by atoms with Crippen molar-refractivity contribution in [1.29, 1.82) is 0 Å². The fourth-order valence-corrected chi connectivity index (χ4v) is 2.24. The number of nitrogens with zero attached hydrogens (tertiary/aromatic N) is 1. The van der Waals surface area contributed by atoms with Gasteiger partial charge in [0, 0.05) is 11.1 Å². The summed E-state index contributed by atoms with van der Waals surface area (Å²) < 4.78 is 19.3. The summed E-state index contributed by atoms with van der Waals surface area (Å²) in [5.41, 5.74) is 7.62. The summed E-state index contributed by atoms with van der Waals surface area (Å²) in [5.74, 6) is 0.583. The minimum atomic E-state index is -0.362. The van der Waals surface area contributed by atoms with E-state index in [9.17, 15) is 4.39 Å². The molecular formula is C11H11BrFN3O. The predicted molar refractivity (Wildman–Crippen MR) is 67.4 cm³/mol. The number of H-pyrrole nitrogens is 1. The summed E-state index contributed by atoms with van der Waals surface area (Å²) >= 11 is 3.21. The molecule has 90 valence electrons. The van der Waals surface area contributed by atoms with E-state index >= 15 is 0 Å². The van der Waals surface area contributed by atoms with Gasteiger partial charge in [0.05, 0.1) is 17.8 Å². The van der Waals surface area contributed by atoms with Crippen LogP contribution in [0.25, 0.3) is 11.1 Å². The SMILES string of the molecule is COc1c(C)cc(F)c(Br)c1-c1cn[nH]c1N. The Morgan fingerprint density at radius 2 is 2.24 bits per heavy atom. The van der Waals surface area contributed by atoms with E-state index in [0.29, 0.717) is 32.7 Å². The minimum Gasteiger partial charge on any atom is -0.496 e. The van der Waals surface area contributed by atoms with Gasteiger partial charge in [-0.3, -0.25) is 5.10 Å². The third-order valence-corrected chi connectivity index (χ3v) is 3.28. The summed E-state index contributed by atoms with van der Waals surface area (Å²) in [4.78, 5) is 0. The van der Waals surface area contributed by atoms with Crippen LogP contribution in [0.2, 0.25) is 0 Å². The predicted octanol–water partition coefficient (Wildman–Crippen LogP) is 2.88. The van der Waals surface area contributed by atoms with Crippen molar-refractivity contribution in [3.05, 3.63) is 28.1 Å². The first-order valence-corrected chi connectivity index (χ1v) is 5.67. The van der Waals surface area contributed by atoms with E-state index < -0.39 is 0 Å². The average molecular weight is 300 g/mol. The zero-order chi connectivity index (χ0) is 12.6. The average Bonchev–Trinajstić information content (AvgIpc) is 2.69. The summed E-state index contributed by atoms with van der Waals surface area (Å²) in [5, 5.41) is 6.44. The van der Waals surface area contributed by atoms with Crippen molar-refractivity contribution in [2.75, 3.05) is 12.8 Å². The molecule has 2 rings (SSSR count). The lowest BCUT2D eigenvalue weighted by molar-refractivity contribution is 0.412. The van der Waals surface area contributed by atoms with Gasteiger partial charge in [-0.1, -0.05) is 0 Å². The molecule has 0 fully saturated rings. The number of nitrogen functional groups attached to an aromatic ring is 1. The fraction of sp³-hybridized carbons (Fsp3) is 0.182. The van der Waals surface area contributed by atoms with Crippen LogP contribution in [0, 0.1) is 12.7 Å². The van der Waals surface area contributed by atoms with Crippen LogP contribution in [0.5, 0.6) is 5.75 Å². The molecule has 4 nitrogen and oxygen atoms in total. The second kappa shape index (κ2) is 4.37. The highest BCUT2D eigenvalue weighted by atomic mass is 79.9. The number of hydrogen-bond donors (Lipinski definition) is 2. The third kappa shape index (κ3) is 1.88. The zero-order valence-corrected chi connectivity index (χ0v) is 10.9. The van der Waals surface area contributed by atoms with Crippen LogP contribution in [0.3, 0.4) is 0 Å². The molecule has 1 aromatic carbocycles. The highest BCUT2D eigenvalue weighted by Crippen LogP contribution is 2.42. The molecule has 0 aliphatic rings. The number of hydrogen-bond acceptors (Lipinski definition) is 3. The van der Waals surface area contributed by atoms with Crippen LogP contribution in [0.4, 0.5) is 10.2 Å². The number of aryl methyl sites for hydroxylation is 1. The van der Waals surface area contributed by atoms with Gasteiger partial charge in [-0.05, 0) is 34.5 Å². The lowest BCUT2D eigenvalue weighted by atomic mass is 10.0. The fourth-order valence-electron chi connectivity index (χ4n) is 1.73. The van der Waals surface area contributed by atoms with E-state index in [0.717, 1.165) is 0 Å². The van der Waals surface area contributed by atoms with Crippen molar-refractivity contribution in [3.8, 4) is 16.9 Å². The molecule has 0 atom stereocenters. The molecule has 6 heteroatoms. The van der Waals surface area contributed by atoms with Gasteiger partial charge >= 0.3 is 0 Å². The van der Waals surface area contributed by atoms with Gasteiger partial charge in [0.25, 0.3) is 0 Å². The number of ether oxygens (including phenoxy) is 1. The van der Waals surface area contributed by atoms with Gasteiger partial charge < -0.3 is 10.5 Å². The van der Waals surface area contributed by atoms with E-state index in [1.165, 1.54) is 19.4 Å². The second-order valence-electron chi connectivity index (χ2n) is 3.59. The third-order valence-electron chi connectivity index (χ3n) is 2.50. The number of nitrogens with one attached hydrogen (secondary N) is 1. The van der Waals surface area contributed by atoms with E-state index in [-0.39, 0.29) is 5.82 Å². The van der Waals surface area contributed by atoms with Gasteiger partial charge in [0.2, 0.25) is 0 Å². The zero-order valence-electron chi connectivity index (χ0n) is 9.34. The van der Waals surface area contributed by atoms with Crippen LogP contribution in [-0.2, 0) is 0 Å². The van der Waals surface area contributed by atoms with Gasteiger partial charge in [-0.15, -0.1) is 0 Å². The van der Waals surface area contributed by atoms with Gasteiger partial charge in [0.1, 0.15) is 17.4 Å². The molecule has 0 aliphatic carbocycles. The quantitative estimate of drug-likeness (QED) is 0.896. The molecule has 0 spiro atoms. The van der Waals surface area contributed by atoms with Crippen molar-refractivity contribution in [3.63, 3.8) is 0 Å². The highest BCUT2D eigenvalue weighted by molar-refractivity contribution is 9.10. The standard InChI is InChI=1S/C11H11BrFN3O/c1-5-3-7(13)9(12)8(10(5)17-2)6-4-15-16-11(6)14/h3-4H,1-2H3,(H3,14,15,16). The van der Waals surface area contributed by atoms with E-state index in [1.54, 1.807) is 6.92 Å². The molecule has 0 radical (unpaired) electrons. The summed E-state index contributed by atoms with van der Waals surface area (Å²) in [7, 11) is 1.53. The van der Waals surface area contributed by atoms with Crippen LogP contribution >= 0.6 is 15.9 Å². The molecule has 0 amide bonds. The Morgan fingerprint density at radius 3 is 2.76 bits per heavy atom. The summed E-state index contributed by atoms with van der Waals surface area (Å²) in [6, 6.07) is 1.41. The molecule has 0 bridgehead atoms. The maximum atomic E-state index is 13.7. The number of nitrogens with two attached hydrogens (primary N) is 1. The topological polar surface area (TPSA) is 63.9 Å². The molecule has 0 aliphatic heterocycles. The number of aromatic amines is 1. The molecular weight excluding hydrogens is 289 g/mol. The normalized spacial score (nSPS) is 10.6. The number of methoxy groups -OCH3 is 1. The van der Waals surface area contributed by atoms with Crippen molar-refractivity contribution >= 4 is 21.7 Å². The first-order chi connectivity index (χ1) is 8.06. The Bertz CT molecular complexity index is 568. The Balaban J connectivity index is 2.80. The first-order valence-electron chi connectivity index (χ1n) is 4.88. The first kappa shape index (κ1) is 11.9. The van der Waals surface area contributed by atoms with Crippen molar-refractivity contribution in [2.45, 2.75) is 6.92 Å². The van der Waals surface area contributed by atoms with Crippen molar-refractivity contribution < 1.29 is 9.13 Å². The molecule has 1 heterocycles. The monoisotopic (exact) mass is 299 g/mol. The molecule has 17 heavy (non-hydrogen) atoms. The number of rotatable bonds is 2. The Morgan fingerprint density at radius 1 is 1.53 bits per heavy atom. The number of aromatic nitrogens is 2. The lowest BCUT2D eigenvalue weighted by Crippen LogP contribution is -1.97. The van der Waals surface area contributed by atoms with E-state index in [1.807, 2.05) is 0 Å². The minimum absolute atomic E-state index is 0.313. The molecule has 1 aromatic heterocycles. The van der Waals surface area contributed by atoms with Gasteiger partial charge in [-0.2, -0.15) is 5.10 Å². The van der Waals surface area contributed by atoms with Crippen LogP contribution < -0.4 is 10.5 Å². The van der Waals surface area contributed by atoms with Crippen LogP contribution in [0.1, 0.15) is 5.56 Å². The largest absolute Gasteiger partial charge is 0.496 e. The van der Waals surface area contributed by atoms with E-state index in [2.05, 4.69) is 26.1 Å².